The number of piperidine rings is 1. The van der Waals surface area contributed by atoms with Gasteiger partial charge in [-0.25, -0.2) is 4.39 Å². The van der Waals surface area contributed by atoms with Crippen molar-refractivity contribution in [2.75, 3.05) is 13.1 Å². The first kappa shape index (κ1) is 24.3. The molecule has 2 heterocycles. The van der Waals surface area contributed by atoms with Crippen molar-refractivity contribution in [1.82, 2.24) is 19.7 Å². The van der Waals surface area contributed by atoms with Gasteiger partial charge < -0.3 is 4.74 Å². The number of carbonyl (C=O) groups excluding carboxylic acids is 1. The highest BCUT2D eigenvalue weighted by Crippen LogP contribution is 2.29. The summed E-state index contributed by atoms with van der Waals surface area (Å²) in [5.74, 6) is 0.195. The third-order valence-electron chi connectivity index (χ3n) is 5.61. The van der Waals surface area contributed by atoms with E-state index in [1.165, 1.54) is 54.6 Å². The Morgan fingerprint density at radius 2 is 1.71 bits per heavy atom. The molecule has 0 saturated carbocycles. The van der Waals surface area contributed by atoms with E-state index in [1.54, 1.807) is 19.1 Å². The third-order valence-corrected chi connectivity index (χ3v) is 6.66. The molecule has 0 N–H and O–H groups in total. The average molecular weight is 491 g/mol. The zero-order valence-electron chi connectivity index (χ0n) is 18.7. The minimum atomic E-state index is -2.92. The molecule has 180 valence electrons. The molecule has 0 aliphatic carbocycles. The average Bonchev–Trinajstić information content (AvgIpc) is 3.21. The molecular formula is C24H25F3N4O2S. The van der Waals surface area contributed by atoms with Crippen LogP contribution in [0.2, 0.25) is 0 Å². The minimum absolute atomic E-state index is 0.00902. The number of carbonyl (C=O) groups is 1. The molecule has 0 bridgehead atoms. The van der Waals surface area contributed by atoms with Gasteiger partial charge in [0.1, 0.15) is 11.6 Å². The monoisotopic (exact) mass is 490 g/mol. The number of Topliss-reactive ketones (excluding diaryl/α,β-unsaturated/α-hetero) is 1. The van der Waals surface area contributed by atoms with Crippen molar-refractivity contribution in [1.29, 1.82) is 0 Å². The fourth-order valence-electron chi connectivity index (χ4n) is 3.89. The molecule has 1 aromatic heterocycles. The number of halogens is 3. The molecule has 34 heavy (non-hydrogen) atoms. The lowest BCUT2D eigenvalue weighted by atomic mass is 10.1. The van der Waals surface area contributed by atoms with Crippen LogP contribution in [0.4, 0.5) is 13.2 Å². The normalized spacial score (nSPS) is 15.4. The number of alkyl halides is 2. The molecular weight excluding hydrogens is 465 g/mol. The third kappa shape index (κ3) is 5.98. The van der Waals surface area contributed by atoms with Gasteiger partial charge in [0, 0.05) is 11.3 Å². The van der Waals surface area contributed by atoms with Gasteiger partial charge in [0.25, 0.3) is 0 Å². The molecule has 1 aliphatic rings. The number of hydrogen-bond donors (Lipinski definition) is 0. The van der Waals surface area contributed by atoms with Crippen molar-refractivity contribution < 1.29 is 22.7 Å². The van der Waals surface area contributed by atoms with Gasteiger partial charge >= 0.3 is 6.61 Å². The maximum atomic E-state index is 13.6. The Bertz CT molecular complexity index is 1100. The molecule has 0 amide bonds. The molecule has 0 spiro atoms. The highest BCUT2D eigenvalue weighted by Gasteiger charge is 2.24. The predicted molar refractivity (Wildman–Crippen MR) is 123 cm³/mol. The molecule has 10 heteroatoms. The van der Waals surface area contributed by atoms with Gasteiger partial charge in [-0.05, 0) is 81.4 Å². The predicted octanol–water partition coefficient (Wildman–Crippen LogP) is 5.36. The van der Waals surface area contributed by atoms with E-state index < -0.39 is 11.9 Å². The second-order valence-electron chi connectivity index (χ2n) is 8.07. The highest BCUT2D eigenvalue weighted by molar-refractivity contribution is 8.00. The lowest BCUT2D eigenvalue weighted by molar-refractivity contribution is -0.0498. The first-order valence-corrected chi connectivity index (χ1v) is 12.0. The second-order valence-corrected chi connectivity index (χ2v) is 9.38. The number of ether oxygens (including phenoxy) is 1. The number of likely N-dealkylation sites (tertiary alicyclic amines) is 1. The van der Waals surface area contributed by atoms with Crippen molar-refractivity contribution in [3.63, 3.8) is 0 Å². The number of thioether (sulfide) groups is 1. The number of hydrogen-bond acceptors (Lipinski definition) is 6. The molecule has 1 atom stereocenters. The standard InChI is InChI=1S/C24H25F3N4O2S/c1-16(22(32)17-5-11-20(12-6-17)33-23(26)27)34-24-29-28-21(15-30-13-3-2-4-14-30)31(24)19-9-7-18(25)8-10-19/h5-12,16,23H,2-4,13-15H2,1H3. The Hall–Kier alpha value is -2.85. The maximum Gasteiger partial charge on any atom is 0.387 e. The van der Waals surface area contributed by atoms with Gasteiger partial charge in [-0.2, -0.15) is 8.78 Å². The Morgan fingerprint density at radius 1 is 1.03 bits per heavy atom. The van der Waals surface area contributed by atoms with E-state index in [4.69, 9.17) is 0 Å². The van der Waals surface area contributed by atoms with Crippen molar-refractivity contribution in [2.24, 2.45) is 0 Å². The second kappa shape index (κ2) is 11.1. The Morgan fingerprint density at radius 3 is 2.35 bits per heavy atom. The largest absolute Gasteiger partial charge is 0.435 e. The Balaban J connectivity index is 1.55. The first-order chi connectivity index (χ1) is 16.4. The Kier molecular flexibility index (Phi) is 7.89. The lowest BCUT2D eigenvalue weighted by Gasteiger charge is -2.26. The first-order valence-electron chi connectivity index (χ1n) is 11.1. The maximum absolute atomic E-state index is 13.6. The summed E-state index contributed by atoms with van der Waals surface area (Å²) < 4.78 is 44.5. The van der Waals surface area contributed by atoms with Crippen LogP contribution in [0, 0.1) is 5.82 Å². The summed E-state index contributed by atoms with van der Waals surface area (Å²) in [4.78, 5) is 15.3. The number of nitrogens with zero attached hydrogens (tertiary/aromatic N) is 4. The number of benzene rings is 2. The molecule has 1 aliphatic heterocycles. The SMILES string of the molecule is CC(Sc1nnc(CN2CCCCC2)n1-c1ccc(F)cc1)C(=O)c1ccc(OC(F)F)cc1. The quantitative estimate of drug-likeness (QED) is 0.297. The zero-order valence-corrected chi connectivity index (χ0v) is 19.5. The molecule has 4 rings (SSSR count). The van der Waals surface area contributed by atoms with Gasteiger partial charge in [-0.3, -0.25) is 14.3 Å². The van der Waals surface area contributed by atoms with Gasteiger partial charge in [0.15, 0.2) is 16.8 Å². The molecule has 1 unspecified atom stereocenters. The van der Waals surface area contributed by atoms with Gasteiger partial charge in [-0.1, -0.05) is 18.2 Å². The summed E-state index contributed by atoms with van der Waals surface area (Å²) in [6, 6.07) is 11.7. The topological polar surface area (TPSA) is 60.2 Å². The summed E-state index contributed by atoms with van der Waals surface area (Å²) in [5, 5.41) is 8.74. The fourth-order valence-corrected chi connectivity index (χ4v) is 4.86. The van der Waals surface area contributed by atoms with Crippen LogP contribution >= 0.6 is 11.8 Å². The Labute approximate surface area is 200 Å². The van der Waals surface area contributed by atoms with Gasteiger partial charge in [0.05, 0.1) is 11.8 Å². The summed E-state index contributed by atoms with van der Waals surface area (Å²) in [5.41, 5.74) is 1.09. The van der Waals surface area contributed by atoms with Crippen LogP contribution in [-0.2, 0) is 6.54 Å². The fraction of sp³-hybridized carbons (Fsp3) is 0.375. The highest BCUT2D eigenvalue weighted by atomic mass is 32.2. The zero-order chi connectivity index (χ0) is 24.1. The smallest absolute Gasteiger partial charge is 0.387 e. The van der Waals surface area contributed by atoms with E-state index in [0.29, 0.717) is 23.0 Å². The van der Waals surface area contributed by atoms with E-state index in [-0.39, 0.29) is 17.3 Å². The van der Waals surface area contributed by atoms with E-state index in [1.807, 2.05) is 4.57 Å². The number of aromatic nitrogens is 3. The van der Waals surface area contributed by atoms with Crippen LogP contribution < -0.4 is 4.74 Å². The van der Waals surface area contributed by atoms with Crippen molar-refractivity contribution in [3.8, 4) is 11.4 Å². The molecule has 0 radical (unpaired) electrons. The van der Waals surface area contributed by atoms with Crippen LogP contribution in [0.5, 0.6) is 5.75 Å². The van der Waals surface area contributed by atoms with Crippen molar-refractivity contribution >= 4 is 17.5 Å². The van der Waals surface area contributed by atoms with E-state index >= 15 is 0 Å². The lowest BCUT2D eigenvalue weighted by Crippen LogP contribution is -2.30. The molecule has 6 nitrogen and oxygen atoms in total. The number of ketones is 1. The van der Waals surface area contributed by atoms with Crippen LogP contribution in [0.25, 0.3) is 5.69 Å². The van der Waals surface area contributed by atoms with Gasteiger partial charge in [-0.15, -0.1) is 10.2 Å². The van der Waals surface area contributed by atoms with Crippen molar-refractivity contribution in [3.05, 3.63) is 65.7 Å². The molecule has 2 aromatic carbocycles. The van der Waals surface area contributed by atoms with E-state index in [2.05, 4.69) is 19.8 Å². The minimum Gasteiger partial charge on any atom is -0.435 e. The number of rotatable bonds is 9. The van der Waals surface area contributed by atoms with Crippen molar-refractivity contribution in [2.45, 2.75) is 49.7 Å². The summed E-state index contributed by atoms with van der Waals surface area (Å²) in [6.45, 7) is 1.41. The summed E-state index contributed by atoms with van der Waals surface area (Å²) >= 11 is 1.25. The van der Waals surface area contributed by atoms with Crippen LogP contribution in [0.1, 0.15) is 42.4 Å². The van der Waals surface area contributed by atoms with E-state index in [0.717, 1.165) is 31.8 Å². The molecule has 1 saturated heterocycles. The van der Waals surface area contributed by atoms with Crippen LogP contribution in [0.3, 0.4) is 0 Å². The summed E-state index contributed by atoms with van der Waals surface area (Å²) in [7, 11) is 0. The molecule has 1 fully saturated rings. The van der Waals surface area contributed by atoms with E-state index in [9.17, 15) is 18.0 Å². The van der Waals surface area contributed by atoms with Gasteiger partial charge in [0.2, 0.25) is 0 Å². The molecule has 3 aromatic rings. The van der Waals surface area contributed by atoms with Crippen LogP contribution in [-0.4, -0.2) is 50.4 Å². The summed E-state index contributed by atoms with van der Waals surface area (Å²) in [6.07, 6.45) is 3.50. The van der Waals surface area contributed by atoms with Crippen LogP contribution in [0.15, 0.2) is 53.7 Å².